The Hall–Kier alpha value is -3.76. The molecule has 0 unspecified atom stereocenters. The first kappa shape index (κ1) is 36.5. The van der Waals surface area contributed by atoms with Crippen LogP contribution in [0.5, 0.6) is 11.5 Å². The lowest BCUT2D eigenvalue weighted by atomic mass is 9.97. The summed E-state index contributed by atoms with van der Waals surface area (Å²) in [6, 6.07) is 36.1. The Morgan fingerprint density at radius 2 is 1.04 bits per heavy atom. The molecule has 1 fully saturated rings. The van der Waals surface area contributed by atoms with E-state index in [0.29, 0.717) is 37.9 Å². The molecule has 5 atom stereocenters. The number of benzene rings is 4. The van der Waals surface area contributed by atoms with Crippen LogP contribution in [0, 0.1) is 0 Å². The molecule has 4 aromatic rings. The van der Waals surface area contributed by atoms with Crippen LogP contribution in [0.15, 0.2) is 109 Å². The minimum atomic E-state index is -0.716. The summed E-state index contributed by atoms with van der Waals surface area (Å²) >= 11 is 0. The number of hydrogen-bond acceptors (Lipinski definition) is 8. The monoisotopic (exact) mass is 670 g/mol. The van der Waals surface area contributed by atoms with Crippen LogP contribution in [0.25, 0.3) is 0 Å². The maximum Gasteiger partial charge on any atom is 0.186 e. The van der Waals surface area contributed by atoms with E-state index in [9.17, 15) is 0 Å². The normalized spacial score (nSPS) is 20.6. The average molecular weight is 671 g/mol. The fourth-order valence-electron chi connectivity index (χ4n) is 5.81. The predicted octanol–water partition coefficient (Wildman–Crippen LogP) is 7.91. The summed E-state index contributed by atoms with van der Waals surface area (Å²) < 4.78 is 50.8. The number of methoxy groups -OCH3 is 2. The smallest absolute Gasteiger partial charge is 0.186 e. The van der Waals surface area contributed by atoms with Gasteiger partial charge < -0.3 is 37.9 Å². The molecule has 0 aromatic heterocycles. The molecule has 0 bridgehead atoms. The van der Waals surface area contributed by atoms with Crippen LogP contribution in [0.4, 0.5) is 0 Å². The molecule has 262 valence electrons. The van der Waals surface area contributed by atoms with Gasteiger partial charge in [0, 0.05) is 12.7 Å². The minimum Gasteiger partial charge on any atom is -0.497 e. The van der Waals surface area contributed by atoms with Crippen molar-refractivity contribution in [2.75, 3.05) is 27.4 Å². The van der Waals surface area contributed by atoms with E-state index in [-0.39, 0.29) is 13.2 Å². The van der Waals surface area contributed by atoms with Crippen molar-refractivity contribution in [3.63, 3.8) is 0 Å². The average Bonchev–Trinajstić information content (AvgIpc) is 3.15. The molecule has 8 nitrogen and oxygen atoms in total. The van der Waals surface area contributed by atoms with Crippen LogP contribution >= 0.6 is 0 Å². The van der Waals surface area contributed by atoms with Crippen molar-refractivity contribution in [2.45, 2.75) is 83.3 Å². The van der Waals surface area contributed by atoms with Crippen LogP contribution in [-0.4, -0.2) is 58.1 Å². The van der Waals surface area contributed by atoms with Gasteiger partial charge in [0.05, 0.1) is 47.3 Å². The zero-order chi connectivity index (χ0) is 34.1. The molecule has 4 aromatic carbocycles. The maximum atomic E-state index is 6.80. The van der Waals surface area contributed by atoms with Gasteiger partial charge >= 0.3 is 0 Å². The van der Waals surface area contributed by atoms with Crippen LogP contribution in [0.2, 0.25) is 0 Å². The Morgan fingerprint density at radius 1 is 0.531 bits per heavy atom. The first-order valence-electron chi connectivity index (χ1n) is 17.2. The van der Waals surface area contributed by atoms with E-state index >= 15 is 0 Å². The fourth-order valence-corrected chi connectivity index (χ4v) is 5.81. The van der Waals surface area contributed by atoms with Crippen LogP contribution in [0.1, 0.15) is 48.4 Å². The van der Waals surface area contributed by atoms with E-state index in [2.05, 4.69) is 19.1 Å². The second-order valence-corrected chi connectivity index (χ2v) is 12.1. The second-order valence-electron chi connectivity index (χ2n) is 12.1. The first-order valence-corrected chi connectivity index (χ1v) is 17.2. The number of rotatable bonds is 20. The lowest BCUT2D eigenvalue weighted by molar-refractivity contribution is -0.328. The largest absolute Gasteiger partial charge is 0.497 e. The summed E-state index contributed by atoms with van der Waals surface area (Å²) in [5, 5.41) is 0. The third-order valence-corrected chi connectivity index (χ3v) is 8.44. The molecule has 0 spiro atoms. The van der Waals surface area contributed by atoms with Crippen molar-refractivity contribution in [3.05, 3.63) is 131 Å². The SMILES string of the molecule is CCCCCO[C@H]1O[C@H](COCc2ccccc2)[C@@H](OCc2ccccc2)[C@H](OCc2ccccc2)[C@@H]1OCc1cc(OC)cc(OC)c1. The Morgan fingerprint density at radius 3 is 1.59 bits per heavy atom. The van der Waals surface area contributed by atoms with Gasteiger partial charge in [0.1, 0.15) is 35.9 Å². The van der Waals surface area contributed by atoms with E-state index in [1.165, 1.54) is 0 Å². The lowest BCUT2D eigenvalue weighted by Gasteiger charge is -2.46. The Kier molecular flexibility index (Phi) is 14.9. The molecule has 1 heterocycles. The molecule has 0 radical (unpaired) electrons. The van der Waals surface area contributed by atoms with E-state index < -0.39 is 30.7 Å². The third-order valence-electron chi connectivity index (χ3n) is 8.44. The van der Waals surface area contributed by atoms with Gasteiger partial charge in [0.15, 0.2) is 6.29 Å². The highest BCUT2D eigenvalue weighted by Crippen LogP contribution is 2.32. The van der Waals surface area contributed by atoms with E-state index in [1.807, 2.05) is 97.1 Å². The van der Waals surface area contributed by atoms with Crippen LogP contribution < -0.4 is 9.47 Å². The Labute approximate surface area is 291 Å². The maximum absolute atomic E-state index is 6.80. The highest BCUT2D eigenvalue weighted by Gasteiger charge is 2.49. The molecule has 49 heavy (non-hydrogen) atoms. The van der Waals surface area contributed by atoms with Gasteiger partial charge in [0.2, 0.25) is 0 Å². The van der Waals surface area contributed by atoms with Crippen LogP contribution in [-0.2, 0) is 54.8 Å². The molecular weight excluding hydrogens is 620 g/mol. The molecule has 1 saturated heterocycles. The summed E-state index contributed by atoms with van der Waals surface area (Å²) in [6.45, 7) is 4.43. The third kappa shape index (κ3) is 11.4. The van der Waals surface area contributed by atoms with Crippen LogP contribution in [0.3, 0.4) is 0 Å². The molecule has 8 heteroatoms. The van der Waals surface area contributed by atoms with Crippen molar-refractivity contribution < 1.29 is 37.9 Å². The lowest BCUT2D eigenvalue weighted by Crippen LogP contribution is -2.61. The van der Waals surface area contributed by atoms with Crippen molar-refractivity contribution in [3.8, 4) is 11.5 Å². The number of ether oxygens (including phenoxy) is 8. The highest BCUT2D eigenvalue weighted by atomic mass is 16.7. The van der Waals surface area contributed by atoms with Gasteiger partial charge in [-0.25, -0.2) is 0 Å². The molecule has 0 N–H and O–H groups in total. The summed E-state index contributed by atoms with van der Waals surface area (Å²) in [5.41, 5.74) is 4.06. The second kappa shape index (κ2) is 20.0. The molecule has 0 aliphatic carbocycles. The summed E-state index contributed by atoms with van der Waals surface area (Å²) in [5.74, 6) is 1.36. The van der Waals surface area contributed by atoms with E-state index in [0.717, 1.165) is 41.5 Å². The number of unbranched alkanes of at least 4 members (excludes halogenated alkanes) is 2. The molecule has 0 amide bonds. The molecule has 0 saturated carbocycles. The van der Waals surface area contributed by atoms with Gasteiger partial charge in [-0.3, -0.25) is 0 Å². The van der Waals surface area contributed by atoms with Gasteiger partial charge in [-0.1, -0.05) is 111 Å². The Bertz CT molecular complexity index is 1450. The van der Waals surface area contributed by atoms with Crippen molar-refractivity contribution in [2.24, 2.45) is 0 Å². The standard InChI is InChI=1S/C41H50O8/c1-4-5-15-22-45-41-40(48-29-34-23-35(42-2)25-36(24-34)43-3)39(47-28-33-20-13-8-14-21-33)38(46-27-32-18-11-7-12-19-32)37(49-41)30-44-26-31-16-9-6-10-17-31/h6-14,16-21,23-25,37-41H,4-5,15,22,26-30H2,1-3H3/t37-,38-,39+,40+,41+/m1/s1. The minimum absolute atomic E-state index is 0.252. The zero-order valence-electron chi connectivity index (χ0n) is 28.9. The quantitative estimate of drug-likeness (QED) is 0.0879. The van der Waals surface area contributed by atoms with Gasteiger partial charge in [-0.2, -0.15) is 0 Å². The molecule has 1 aliphatic heterocycles. The molecular formula is C41H50O8. The molecule has 5 rings (SSSR count). The van der Waals surface area contributed by atoms with E-state index in [4.69, 9.17) is 37.9 Å². The molecule has 1 aliphatic rings. The summed E-state index contributed by atoms with van der Waals surface area (Å²) in [6.07, 6.45) is 0.158. The first-order chi connectivity index (χ1) is 24.2. The highest BCUT2D eigenvalue weighted by molar-refractivity contribution is 5.38. The van der Waals surface area contributed by atoms with Crippen molar-refractivity contribution >= 4 is 0 Å². The summed E-state index contributed by atoms with van der Waals surface area (Å²) in [7, 11) is 3.27. The van der Waals surface area contributed by atoms with Crippen molar-refractivity contribution in [1.82, 2.24) is 0 Å². The fraction of sp³-hybridized carbons (Fsp3) is 0.415. The van der Waals surface area contributed by atoms with Crippen molar-refractivity contribution in [1.29, 1.82) is 0 Å². The number of hydrogen-bond donors (Lipinski definition) is 0. The Balaban J connectivity index is 1.44. The predicted molar refractivity (Wildman–Crippen MR) is 188 cm³/mol. The van der Waals surface area contributed by atoms with Gasteiger partial charge in [-0.15, -0.1) is 0 Å². The topological polar surface area (TPSA) is 73.8 Å². The van der Waals surface area contributed by atoms with Gasteiger partial charge in [0.25, 0.3) is 0 Å². The zero-order valence-corrected chi connectivity index (χ0v) is 28.9. The summed E-state index contributed by atoms with van der Waals surface area (Å²) in [4.78, 5) is 0. The van der Waals surface area contributed by atoms with Gasteiger partial charge in [-0.05, 0) is 40.8 Å². The van der Waals surface area contributed by atoms with E-state index in [1.54, 1.807) is 14.2 Å².